The Kier molecular flexibility index (Phi) is 1.47. The molecule has 1 nitrogen and oxygen atoms in total. The highest BCUT2D eigenvalue weighted by Crippen LogP contribution is 2.54. The lowest BCUT2D eigenvalue weighted by atomic mass is 9.63. The third kappa shape index (κ3) is 1.24. The lowest BCUT2D eigenvalue weighted by Gasteiger charge is -2.56. The lowest BCUT2D eigenvalue weighted by Crippen LogP contribution is -2.60. The molecule has 13 heavy (non-hydrogen) atoms. The molecule has 3 fully saturated rings. The average molecular weight is 179 g/mol. The van der Waals surface area contributed by atoms with Crippen molar-refractivity contribution in [2.75, 3.05) is 19.6 Å². The van der Waals surface area contributed by atoms with Crippen LogP contribution in [0.5, 0.6) is 0 Å². The molecule has 1 saturated heterocycles. The van der Waals surface area contributed by atoms with Crippen LogP contribution in [0.1, 0.15) is 39.5 Å². The van der Waals surface area contributed by atoms with E-state index in [4.69, 9.17) is 0 Å². The molecule has 0 aromatic heterocycles. The normalized spacial score (nSPS) is 39.7. The summed E-state index contributed by atoms with van der Waals surface area (Å²) in [7, 11) is 0. The Morgan fingerprint density at radius 3 is 2.23 bits per heavy atom. The minimum Gasteiger partial charge on any atom is -0.302 e. The molecule has 1 atom stereocenters. The standard InChI is InChI=1S/C12H21N/c1-11(2)6-10(11)7-13-8-12(9-13)4-3-5-12/h10H,3-9H2,1-2H3. The van der Waals surface area contributed by atoms with Gasteiger partial charge in [0.1, 0.15) is 0 Å². The van der Waals surface area contributed by atoms with Gasteiger partial charge in [-0.05, 0) is 36.0 Å². The molecule has 74 valence electrons. The topological polar surface area (TPSA) is 3.24 Å². The summed E-state index contributed by atoms with van der Waals surface area (Å²) in [6.45, 7) is 9.08. The second-order valence-corrected chi connectivity index (χ2v) is 6.41. The summed E-state index contributed by atoms with van der Waals surface area (Å²) < 4.78 is 0. The molecule has 0 bridgehead atoms. The average Bonchev–Trinajstić information content (AvgIpc) is 2.44. The van der Waals surface area contributed by atoms with E-state index in [2.05, 4.69) is 18.7 Å². The van der Waals surface area contributed by atoms with E-state index in [-0.39, 0.29) is 0 Å². The predicted molar refractivity (Wildman–Crippen MR) is 54.6 cm³/mol. The van der Waals surface area contributed by atoms with Crippen molar-refractivity contribution in [2.24, 2.45) is 16.7 Å². The van der Waals surface area contributed by atoms with Gasteiger partial charge in [-0.2, -0.15) is 0 Å². The van der Waals surface area contributed by atoms with Gasteiger partial charge in [0.05, 0.1) is 0 Å². The van der Waals surface area contributed by atoms with Crippen molar-refractivity contribution in [2.45, 2.75) is 39.5 Å². The van der Waals surface area contributed by atoms with E-state index in [9.17, 15) is 0 Å². The summed E-state index contributed by atoms with van der Waals surface area (Å²) in [5, 5.41) is 0. The van der Waals surface area contributed by atoms with E-state index in [1.807, 2.05) is 0 Å². The zero-order valence-electron chi connectivity index (χ0n) is 8.97. The van der Waals surface area contributed by atoms with E-state index in [1.165, 1.54) is 45.3 Å². The number of likely N-dealkylation sites (tertiary alicyclic amines) is 1. The first-order valence-corrected chi connectivity index (χ1v) is 5.82. The highest BCUT2D eigenvalue weighted by molar-refractivity contribution is 5.04. The second kappa shape index (κ2) is 2.31. The fraction of sp³-hybridized carbons (Fsp3) is 1.00. The highest BCUT2D eigenvalue weighted by atomic mass is 15.2. The second-order valence-electron chi connectivity index (χ2n) is 6.41. The SMILES string of the molecule is CC1(C)CC1CN1CC2(CCC2)C1. The summed E-state index contributed by atoms with van der Waals surface area (Å²) >= 11 is 0. The van der Waals surface area contributed by atoms with Gasteiger partial charge in [-0.25, -0.2) is 0 Å². The Balaban J connectivity index is 1.45. The van der Waals surface area contributed by atoms with Crippen LogP contribution in [0.15, 0.2) is 0 Å². The number of nitrogens with zero attached hydrogens (tertiary/aromatic N) is 1. The Morgan fingerprint density at radius 1 is 1.23 bits per heavy atom. The third-order valence-corrected chi connectivity index (χ3v) is 4.73. The first-order valence-electron chi connectivity index (χ1n) is 5.82. The molecule has 0 aromatic rings. The van der Waals surface area contributed by atoms with Crippen molar-refractivity contribution in [3.63, 3.8) is 0 Å². The maximum atomic E-state index is 2.69. The molecule has 1 aliphatic heterocycles. The van der Waals surface area contributed by atoms with E-state index in [1.54, 1.807) is 0 Å². The molecular formula is C12H21N. The van der Waals surface area contributed by atoms with Gasteiger partial charge in [-0.1, -0.05) is 20.3 Å². The van der Waals surface area contributed by atoms with Crippen molar-refractivity contribution in [3.05, 3.63) is 0 Å². The maximum Gasteiger partial charge on any atom is 0.00506 e. The molecule has 3 rings (SSSR count). The van der Waals surface area contributed by atoms with Crippen molar-refractivity contribution < 1.29 is 0 Å². The Hall–Kier alpha value is -0.0400. The zero-order valence-corrected chi connectivity index (χ0v) is 8.97. The van der Waals surface area contributed by atoms with Crippen LogP contribution in [0.25, 0.3) is 0 Å². The largest absolute Gasteiger partial charge is 0.302 e. The van der Waals surface area contributed by atoms with Crippen LogP contribution >= 0.6 is 0 Å². The summed E-state index contributed by atoms with van der Waals surface area (Å²) in [6, 6.07) is 0. The van der Waals surface area contributed by atoms with Crippen LogP contribution in [-0.2, 0) is 0 Å². The molecule has 2 saturated carbocycles. The van der Waals surface area contributed by atoms with Gasteiger partial charge < -0.3 is 4.90 Å². The number of hydrogen-bond acceptors (Lipinski definition) is 1. The minimum absolute atomic E-state index is 0.683. The fourth-order valence-electron chi connectivity index (χ4n) is 3.22. The van der Waals surface area contributed by atoms with Crippen LogP contribution < -0.4 is 0 Å². The van der Waals surface area contributed by atoms with Gasteiger partial charge in [0.25, 0.3) is 0 Å². The van der Waals surface area contributed by atoms with Crippen molar-refractivity contribution >= 4 is 0 Å². The molecule has 0 N–H and O–H groups in total. The number of hydrogen-bond donors (Lipinski definition) is 0. The molecule has 2 aliphatic carbocycles. The van der Waals surface area contributed by atoms with Gasteiger partial charge in [-0.15, -0.1) is 0 Å². The first-order chi connectivity index (χ1) is 6.10. The van der Waals surface area contributed by atoms with Gasteiger partial charge >= 0.3 is 0 Å². The quantitative estimate of drug-likeness (QED) is 0.629. The number of rotatable bonds is 2. The van der Waals surface area contributed by atoms with Gasteiger partial charge in [-0.3, -0.25) is 0 Å². The van der Waals surface area contributed by atoms with E-state index < -0.39 is 0 Å². The molecule has 1 heterocycles. The third-order valence-electron chi connectivity index (χ3n) is 4.73. The Labute approximate surface area is 81.5 Å². The van der Waals surface area contributed by atoms with E-state index in [0.717, 1.165) is 11.3 Å². The lowest BCUT2D eigenvalue weighted by molar-refractivity contribution is -0.0629. The van der Waals surface area contributed by atoms with Crippen LogP contribution in [0.2, 0.25) is 0 Å². The molecule has 1 unspecified atom stereocenters. The van der Waals surface area contributed by atoms with Crippen LogP contribution in [0, 0.1) is 16.7 Å². The highest BCUT2D eigenvalue weighted by Gasteiger charge is 2.51. The summed E-state index contributed by atoms with van der Waals surface area (Å²) in [6.07, 6.45) is 6.02. The van der Waals surface area contributed by atoms with Gasteiger partial charge in [0, 0.05) is 19.6 Å². The smallest absolute Gasteiger partial charge is 0.00506 e. The molecule has 3 aliphatic rings. The Bertz CT molecular complexity index is 219. The van der Waals surface area contributed by atoms with E-state index >= 15 is 0 Å². The maximum absolute atomic E-state index is 2.69. The minimum atomic E-state index is 0.683. The molecule has 0 amide bonds. The monoisotopic (exact) mass is 179 g/mol. The molecule has 1 heteroatoms. The zero-order chi connectivity index (χ0) is 9.10. The summed E-state index contributed by atoms with van der Waals surface area (Å²) in [5.74, 6) is 1.02. The molecular weight excluding hydrogens is 158 g/mol. The van der Waals surface area contributed by atoms with Gasteiger partial charge in [0.2, 0.25) is 0 Å². The molecule has 1 spiro atoms. The van der Waals surface area contributed by atoms with E-state index in [0.29, 0.717) is 5.41 Å². The predicted octanol–water partition coefficient (Wildman–Crippen LogP) is 2.52. The summed E-state index contributed by atoms with van der Waals surface area (Å²) in [5.41, 5.74) is 1.52. The fourth-order valence-corrected chi connectivity index (χ4v) is 3.22. The summed E-state index contributed by atoms with van der Waals surface area (Å²) in [4.78, 5) is 2.69. The van der Waals surface area contributed by atoms with Crippen LogP contribution in [-0.4, -0.2) is 24.5 Å². The van der Waals surface area contributed by atoms with Gasteiger partial charge in [0.15, 0.2) is 0 Å². The first kappa shape index (κ1) is 8.28. The Morgan fingerprint density at radius 2 is 1.85 bits per heavy atom. The van der Waals surface area contributed by atoms with Crippen molar-refractivity contribution in [1.82, 2.24) is 4.90 Å². The van der Waals surface area contributed by atoms with Crippen LogP contribution in [0.3, 0.4) is 0 Å². The van der Waals surface area contributed by atoms with Crippen molar-refractivity contribution in [3.8, 4) is 0 Å². The van der Waals surface area contributed by atoms with Crippen LogP contribution in [0.4, 0.5) is 0 Å². The van der Waals surface area contributed by atoms with Crippen molar-refractivity contribution in [1.29, 1.82) is 0 Å². The molecule has 0 radical (unpaired) electrons. The molecule has 0 aromatic carbocycles.